The molecule has 4 atom stereocenters. The largest absolute Gasteiger partial charge is 0.476 e. The second-order valence-electron chi connectivity index (χ2n) is 16.9. The van der Waals surface area contributed by atoms with Gasteiger partial charge in [0.2, 0.25) is 23.6 Å². The Balaban J connectivity index is 0.000000194. The van der Waals surface area contributed by atoms with Gasteiger partial charge in [0, 0.05) is 48.7 Å². The van der Waals surface area contributed by atoms with Gasteiger partial charge in [-0.3, -0.25) is 9.59 Å². The maximum absolute atomic E-state index is 12.8. The van der Waals surface area contributed by atoms with Gasteiger partial charge in [-0.05, 0) is 129 Å². The number of ether oxygens (including phenoxy) is 2. The van der Waals surface area contributed by atoms with Crippen LogP contribution in [0.3, 0.4) is 0 Å². The maximum Gasteiger partial charge on any atom is 0.229 e. The van der Waals surface area contributed by atoms with E-state index in [2.05, 4.69) is 70.5 Å². The van der Waals surface area contributed by atoms with Crippen LogP contribution in [0.5, 0.6) is 11.8 Å². The van der Waals surface area contributed by atoms with Crippen LogP contribution >= 0.6 is 0 Å². The number of amides is 2. The minimum absolute atomic E-state index is 0.0674. The van der Waals surface area contributed by atoms with E-state index in [9.17, 15) is 9.59 Å². The Morgan fingerprint density at radius 3 is 1.42 bits per heavy atom. The Bertz CT molecular complexity index is 1330. The van der Waals surface area contributed by atoms with Crippen LogP contribution in [0.4, 0.5) is 0 Å². The molecule has 2 aromatic heterocycles. The van der Waals surface area contributed by atoms with Crippen LogP contribution in [0.2, 0.25) is 0 Å². The molecule has 0 aromatic carbocycles. The van der Waals surface area contributed by atoms with Gasteiger partial charge in [0.25, 0.3) is 0 Å². The van der Waals surface area contributed by atoms with E-state index in [1.165, 1.54) is 36.8 Å². The summed E-state index contributed by atoms with van der Waals surface area (Å²) >= 11 is 0. The molecule has 2 amide bonds. The Labute approximate surface area is 300 Å². The van der Waals surface area contributed by atoms with E-state index in [1.54, 1.807) is 12.4 Å². The molecule has 4 heterocycles. The fraction of sp³-hybridized carbons (Fsp3) is 0.700. The maximum atomic E-state index is 12.8. The number of nitrogens with one attached hydrogen (secondary N) is 2. The van der Waals surface area contributed by atoms with E-state index < -0.39 is 10.8 Å². The van der Waals surface area contributed by atoms with E-state index >= 15 is 0 Å². The number of rotatable bonds is 12. The topological polar surface area (TPSA) is 109 Å². The number of aromatic nitrogens is 2. The molecule has 10 heteroatoms. The highest BCUT2D eigenvalue weighted by Gasteiger charge is 2.36. The van der Waals surface area contributed by atoms with Crippen molar-refractivity contribution in [3.05, 3.63) is 47.8 Å². The SMILES string of the molecule is C[C@@H]1CN(C)CC[C@@H]1NC(=O)C(C)(C)COc1ncccc1C1CC1.C[C@H]1CN(C)CC[C@H]1NC(=O)C(C)(C)COc1ncccc1C1CC1. The monoisotopic (exact) mass is 690 g/mol. The molecule has 6 rings (SSSR count). The first kappa shape index (κ1) is 38.0. The predicted molar refractivity (Wildman–Crippen MR) is 197 cm³/mol. The van der Waals surface area contributed by atoms with Crippen LogP contribution in [0.1, 0.15) is 103 Å². The first-order chi connectivity index (χ1) is 23.7. The number of carbonyl (C=O) groups excluding carboxylic acids is 2. The van der Waals surface area contributed by atoms with Gasteiger partial charge < -0.3 is 29.9 Å². The summed E-state index contributed by atoms with van der Waals surface area (Å²) in [7, 11) is 4.27. The first-order valence-electron chi connectivity index (χ1n) is 18.9. The second kappa shape index (κ2) is 16.4. The lowest BCUT2D eigenvalue weighted by atomic mass is 9.89. The van der Waals surface area contributed by atoms with Crippen LogP contribution in [0, 0.1) is 22.7 Å². The Morgan fingerprint density at radius 2 is 1.08 bits per heavy atom. The van der Waals surface area contributed by atoms with Crippen LogP contribution < -0.4 is 20.1 Å². The molecular weight excluding hydrogens is 628 g/mol. The van der Waals surface area contributed by atoms with Gasteiger partial charge in [0.15, 0.2) is 0 Å². The first-order valence-corrected chi connectivity index (χ1v) is 18.9. The third-order valence-electron chi connectivity index (χ3n) is 10.9. The van der Waals surface area contributed by atoms with E-state index in [0.717, 1.165) is 39.0 Å². The number of pyridine rings is 2. The minimum atomic E-state index is -0.582. The molecule has 2 N–H and O–H groups in total. The zero-order chi connectivity index (χ0) is 36.1. The zero-order valence-corrected chi connectivity index (χ0v) is 31.8. The summed E-state index contributed by atoms with van der Waals surface area (Å²) in [4.78, 5) is 39.0. The third kappa shape index (κ3) is 10.4. The van der Waals surface area contributed by atoms with Gasteiger partial charge in [-0.1, -0.05) is 26.0 Å². The summed E-state index contributed by atoms with van der Waals surface area (Å²) < 4.78 is 12.0. The molecule has 10 nitrogen and oxygen atoms in total. The van der Waals surface area contributed by atoms with Crippen molar-refractivity contribution < 1.29 is 19.1 Å². The average molecular weight is 691 g/mol. The second-order valence-corrected chi connectivity index (χ2v) is 16.9. The number of piperidine rings is 2. The van der Waals surface area contributed by atoms with E-state index in [-0.39, 0.29) is 23.9 Å². The zero-order valence-electron chi connectivity index (χ0n) is 31.8. The van der Waals surface area contributed by atoms with E-state index in [4.69, 9.17) is 9.47 Å². The summed E-state index contributed by atoms with van der Waals surface area (Å²) in [5.74, 6) is 3.63. The van der Waals surface area contributed by atoms with Crippen molar-refractivity contribution in [3.8, 4) is 11.8 Å². The standard InChI is InChI=1S/2C20H31N3O2/c2*1-14-12-23(4)11-9-17(14)22-19(24)20(2,3)13-25-18-16(15-7-8-15)6-5-10-21-18/h2*5-6,10,14-15,17H,7-9,11-13H2,1-4H3,(H,22,24)/t2*14-,17+/m10/s1. The third-order valence-corrected chi connectivity index (χ3v) is 10.9. The van der Waals surface area contributed by atoms with Gasteiger partial charge >= 0.3 is 0 Å². The van der Waals surface area contributed by atoms with Gasteiger partial charge in [0.1, 0.15) is 13.2 Å². The fourth-order valence-corrected chi connectivity index (χ4v) is 6.95. The van der Waals surface area contributed by atoms with Gasteiger partial charge in [-0.15, -0.1) is 0 Å². The Morgan fingerprint density at radius 1 is 0.700 bits per heavy atom. The van der Waals surface area contributed by atoms with Crippen molar-refractivity contribution in [3.63, 3.8) is 0 Å². The highest BCUT2D eigenvalue weighted by atomic mass is 16.5. The van der Waals surface area contributed by atoms with Crippen molar-refractivity contribution in [2.45, 2.75) is 104 Å². The van der Waals surface area contributed by atoms with Crippen LogP contribution in [-0.2, 0) is 9.59 Å². The lowest BCUT2D eigenvalue weighted by Crippen LogP contribution is -2.52. The molecule has 4 aliphatic rings. The molecule has 2 aliphatic carbocycles. The lowest BCUT2D eigenvalue weighted by molar-refractivity contribution is -0.133. The molecule has 0 spiro atoms. The molecule has 2 aliphatic heterocycles. The van der Waals surface area contributed by atoms with Crippen LogP contribution in [-0.4, -0.2) is 97.2 Å². The van der Waals surface area contributed by atoms with E-state index in [0.29, 0.717) is 48.6 Å². The number of carbonyl (C=O) groups is 2. The smallest absolute Gasteiger partial charge is 0.229 e. The van der Waals surface area contributed by atoms with E-state index in [1.807, 2.05) is 39.8 Å². The van der Waals surface area contributed by atoms with Crippen molar-refractivity contribution >= 4 is 11.8 Å². The normalized spacial score (nSPS) is 24.8. The number of hydrogen-bond acceptors (Lipinski definition) is 8. The summed E-state index contributed by atoms with van der Waals surface area (Å²) in [6, 6.07) is 8.60. The van der Waals surface area contributed by atoms with Crippen LogP contribution in [0.15, 0.2) is 36.7 Å². The van der Waals surface area contributed by atoms with Crippen molar-refractivity contribution in [2.24, 2.45) is 22.7 Å². The molecule has 50 heavy (non-hydrogen) atoms. The van der Waals surface area contributed by atoms with Crippen molar-refractivity contribution in [2.75, 3.05) is 53.5 Å². The van der Waals surface area contributed by atoms with Crippen molar-refractivity contribution in [1.29, 1.82) is 0 Å². The summed E-state index contributed by atoms with van der Waals surface area (Å²) in [5, 5.41) is 6.50. The Kier molecular flexibility index (Phi) is 12.5. The quantitative estimate of drug-likeness (QED) is 0.295. The van der Waals surface area contributed by atoms with Gasteiger partial charge in [-0.25, -0.2) is 9.97 Å². The molecule has 276 valence electrons. The highest BCUT2D eigenvalue weighted by Crippen LogP contribution is 2.44. The number of likely N-dealkylation sites (tertiary alicyclic amines) is 2. The van der Waals surface area contributed by atoms with Gasteiger partial charge in [-0.2, -0.15) is 0 Å². The molecule has 4 fully saturated rings. The Hall–Kier alpha value is -3.24. The molecule has 2 aromatic rings. The highest BCUT2D eigenvalue weighted by molar-refractivity contribution is 5.82. The molecule has 0 radical (unpaired) electrons. The fourth-order valence-electron chi connectivity index (χ4n) is 6.95. The molecule has 2 saturated heterocycles. The summed E-state index contributed by atoms with van der Waals surface area (Å²) in [5.41, 5.74) is 1.20. The summed E-state index contributed by atoms with van der Waals surface area (Å²) in [6.07, 6.45) is 10.4. The average Bonchev–Trinajstić information content (AvgIpc) is 4.01. The molecule has 2 saturated carbocycles. The summed E-state index contributed by atoms with van der Waals surface area (Å²) in [6.45, 7) is 17.0. The number of nitrogens with zero attached hydrogens (tertiary/aromatic N) is 4. The van der Waals surface area contributed by atoms with Crippen molar-refractivity contribution in [1.82, 2.24) is 30.4 Å². The lowest BCUT2D eigenvalue weighted by Gasteiger charge is -2.37. The molecular formula is C40H62N6O4. The molecule has 0 bridgehead atoms. The predicted octanol–water partition coefficient (Wildman–Crippen LogP) is 5.64. The van der Waals surface area contributed by atoms with Crippen LogP contribution in [0.25, 0.3) is 0 Å². The van der Waals surface area contributed by atoms with Gasteiger partial charge in [0.05, 0.1) is 10.8 Å². The minimum Gasteiger partial charge on any atom is -0.476 e. The number of hydrogen-bond donors (Lipinski definition) is 2. The molecule has 0 unspecified atom stereocenters.